The van der Waals surface area contributed by atoms with Gasteiger partial charge in [-0.2, -0.15) is 0 Å². The summed E-state index contributed by atoms with van der Waals surface area (Å²) in [7, 11) is 0. The molecular formula is C86H126O6. The molecule has 0 unspecified atom stereocenters. The van der Waals surface area contributed by atoms with E-state index >= 15 is 0 Å². The third kappa shape index (κ3) is 32.0. The van der Waals surface area contributed by atoms with Crippen LogP contribution in [0.3, 0.4) is 0 Å². The van der Waals surface area contributed by atoms with E-state index in [-0.39, 0.29) is 0 Å². The van der Waals surface area contributed by atoms with Gasteiger partial charge in [0.2, 0.25) is 0 Å². The molecule has 0 atom stereocenters. The monoisotopic (exact) mass is 1250 g/mol. The summed E-state index contributed by atoms with van der Waals surface area (Å²) >= 11 is 0. The molecule has 6 aromatic carbocycles. The molecule has 0 aliphatic carbocycles. The van der Waals surface area contributed by atoms with E-state index in [2.05, 4.69) is 161 Å². The Balaban J connectivity index is 0.959. The number of hydrogen-bond acceptors (Lipinski definition) is 6. The van der Waals surface area contributed by atoms with Gasteiger partial charge in [0.1, 0.15) is 23.0 Å². The minimum absolute atomic E-state index is 0.571. The van der Waals surface area contributed by atoms with E-state index in [0.717, 1.165) is 114 Å². The minimum atomic E-state index is 0.571. The summed E-state index contributed by atoms with van der Waals surface area (Å²) in [6, 6.07) is 48.4. The highest BCUT2D eigenvalue weighted by Gasteiger charge is 2.13. The lowest BCUT2D eigenvalue weighted by molar-refractivity contribution is 0.114. The molecule has 0 N–H and O–H groups in total. The summed E-state index contributed by atoms with van der Waals surface area (Å²) in [6.07, 6.45) is 48.5. The maximum absolute atomic E-state index is 6.51. The highest BCUT2D eigenvalue weighted by atomic mass is 16.5. The SMILES string of the molecule is CCCCCCCCCCOc1ccc(-c2ccc(-c3ccc(OCCCCCCCCCC)cc3)c(COCCCCCCCCOCc3cc(-c4ccc(OCCCCCCCCCC)cc4)ccc3-c3ccc(OCCCCCCCCCC)cc3)c2)cc1. The topological polar surface area (TPSA) is 55.4 Å². The molecule has 0 saturated heterocycles. The Morgan fingerprint density at radius 3 is 0.652 bits per heavy atom. The van der Waals surface area contributed by atoms with Gasteiger partial charge in [-0.15, -0.1) is 0 Å². The minimum Gasteiger partial charge on any atom is -0.494 e. The first-order chi connectivity index (χ1) is 45.6. The lowest BCUT2D eigenvalue weighted by atomic mass is 9.95. The van der Waals surface area contributed by atoms with Crippen molar-refractivity contribution in [2.45, 2.75) is 285 Å². The van der Waals surface area contributed by atoms with Crippen molar-refractivity contribution >= 4 is 0 Å². The molecule has 0 spiro atoms. The first kappa shape index (κ1) is 75.5. The Kier molecular flexibility index (Phi) is 41.0. The van der Waals surface area contributed by atoms with E-state index in [4.69, 9.17) is 28.4 Å². The smallest absolute Gasteiger partial charge is 0.119 e. The molecular weight excluding hydrogens is 1130 g/mol. The maximum atomic E-state index is 6.51. The van der Waals surface area contributed by atoms with Gasteiger partial charge in [0.15, 0.2) is 0 Å². The van der Waals surface area contributed by atoms with Gasteiger partial charge in [-0.25, -0.2) is 0 Å². The van der Waals surface area contributed by atoms with Crippen molar-refractivity contribution in [3.05, 3.63) is 145 Å². The normalized spacial score (nSPS) is 11.4. The first-order valence-corrected chi connectivity index (χ1v) is 37.9. The van der Waals surface area contributed by atoms with Gasteiger partial charge in [-0.1, -0.05) is 306 Å². The molecule has 506 valence electrons. The summed E-state index contributed by atoms with van der Waals surface area (Å²) in [6.45, 7) is 14.9. The second kappa shape index (κ2) is 49.9. The molecule has 0 aromatic heterocycles. The van der Waals surface area contributed by atoms with Crippen molar-refractivity contribution in [1.82, 2.24) is 0 Å². The van der Waals surface area contributed by atoms with Crippen LogP contribution in [0.4, 0.5) is 0 Å². The average molecular weight is 1260 g/mol. The maximum Gasteiger partial charge on any atom is 0.119 e. The van der Waals surface area contributed by atoms with Gasteiger partial charge < -0.3 is 28.4 Å². The third-order valence-electron chi connectivity index (χ3n) is 18.3. The molecule has 92 heavy (non-hydrogen) atoms. The zero-order valence-electron chi connectivity index (χ0n) is 58.7. The Bertz CT molecular complexity index is 2520. The predicted molar refractivity (Wildman–Crippen MR) is 394 cm³/mol. The van der Waals surface area contributed by atoms with Crippen LogP contribution in [0.2, 0.25) is 0 Å². The van der Waals surface area contributed by atoms with Gasteiger partial charge >= 0.3 is 0 Å². The van der Waals surface area contributed by atoms with Crippen LogP contribution in [0, 0.1) is 0 Å². The zero-order valence-corrected chi connectivity index (χ0v) is 58.7. The molecule has 0 bridgehead atoms. The molecule has 0 amide bonds. The molecule has 6 aromatic rings. The van der Waals surface area contributed by atoms with Crippen LogP contribution in [-0.2, 0) is 22.7 Å². The Hall–Kier alpha value is -5.56. The fraction of sp³-hybridized carbons (Fsp3) is 0.581. The van der Waals surface area contributed by atoms with Gasteiger partial charge in [-0.05, 0) is 155 Å². The summed E-state index contributed by atoms with van der Waals surface area (Å²) in [5.41, 5.74) is 12.0. The standard InChI is InChI=1S/C86H126O6/c1-5-9-13-17-21-25-33-39-65-89-81-53-43-73(44-54-81)77-51-61-85(75-47-57-83(58-48-75)91-67-41-35-27-23-19-15-11-7-3)79(69-77)71-87-63-37-31-29-30-32-38-64-88-72-80-70-78(74-45-55-82(56-46-74)90-66-40-34-26-22-18-14-10-6-2)52-62-86(80)76-49-59-84(60-50-76)92-68-42-36-28-24-20-16-12-8-4/h43-62,69-70H,5-42,63-68,71-72H2,1-4H3. The van der Waals surface area contributed by atoms with Gasteiger partial charge in [0.25, 0.3) is 0 Å². The number of unbranched alkanes of at least 4 members (excludes halogenated alkanes) is 33. The van der Waals surface area contributed by atoms with E-state index in [1.165, 1.54) is 248 Å². The largest absolute Gasteiger partial charge is 0.494 e. The highest BCUT2D eigenvalue weighted by molar-refractivity contribution is 5.75. The molecule has 0 aliphatic heterocycles. The molecule has 6 heteroatoms. The quantitative estimate of drug-likeness (QED) is 0.0355. The third-order valence-corrected chi connectivity index (χ3v) is 18.3. The summed E-state index contributed by atoms with van der Waals surface area (Å²) in [4.78, 5) is 0. The van der Waals surface area contributed by atoms with Crippen molar-refractivity contribution in [1.29, 1.82) is 0 Å². The van der Waals surface area contributed by atoms with Crippen LogP contribution in [0.25, 0.3) is 44.5 Å². The number of benzene rings is 6. The van der Waals surface area contributed by atoms with Crippen LogP contribution in [0.1, 0.15) is 283 Å². The molecule has 0 radical (unpaired) electrons. The van der Waals surface area contributed by atoms with Crippen LogP contribution in [0.15, 0.2) is 133 Å². The molecule has 0 heterocycles. The number of ether oxygens (including phenoxy) is 6. The van der Waals surface area contributed by atoms with Crippen LogP contribution >= 0.6 is 0 Å². The van der Waals surface area contributed by atoms with Crippen LogP contribution < -0.4 is 18.9 Å². The second-order valence-corrected chi connectivity index (χ2v) is 26.4. The lowest BCUT2D eigenvalue weighted by Gasteiger charge is -2.15. The van der Waals surface area contributed by atoms with Crippen molar-refractivity contribution < 1.29 is 28.4 Å². The molecule has 0 fully saturated rings. The summed E-state index contributed by atoms with van der Waals surface area (Å²) < 4.78 is 37.8. The van der Waals surface area contributed by atoms with Crippen LogP contribution in [-0.4, -0.2) is 39.6 Å². The molecule has 0 saturated carbocycles. The van der Waals surface area contributed by atoms with E-state index in [0.29, 0.717) is 13.2 Å². The van der Waals surface area contributed by atoms with Gasteiger partial charge in [0, 0.05) is 13.2 Å². The van der Waals surface area contributed by atoms with E-state index in [1.54, 1.807) is 0 Å². The van der Waals surface area contributed by atoms with E-state index in [9.17, 15) is 0 Å². The summed E-state index contributed by atoms with van der Waals surface area (Å²) in [5, 5.41) is 0. The van der Waals surface area contributed by atoms with Crippen LogP contribution in [0.5, 0.6) is 23.0 Å². The van der Waals surface area contributed by atoms with Crippen molar-refractivity contribution in [2.75, 3.05) is 39.6 Å². The fourth-order valence-electron chi connectivity index (χ4n) is 12.5. The zero-order chi connectivity index (χ0) is 64.4. The number of hydrogen-bond donors (Lipinski definition) is 0. The van der Waals surface area contributed by atoms with Gasteiger partial charge in [-0.3, -0.25) is 0 Å². The second-order valence-electron chi connectivity index (χ2n) is 26.4. The summed E-state index contributed by atoms with van der Waals surface area (Å²) in [5.74, 6) is 3.78. The fourth-order valence-corrected chi connectivity index (χ4v) is 12.5. The first-order valence-electron chi connectivity index (χ1n) is 37.9. The van der Waals surface area contributed by atoms with Crippen molar-refractivity contribution in [2.24, 2.45) is 0 Å². The Morgan fingerprint density at radius 2 is 0.402 bits per heavy atom. The molecule has 6 nitrogen and oxygen atoms in total. The Morgan fingerprint density at radius 1 is 0.196 bits per heavy atom. The van der Waals surface area contributed by atoms with E-state index < -0.39 is 0 Å². The van der Waals surface area contributed by atoms with Crippen molar-refractivity contribution in [3.8, 4) is 67.5 Å². The van der Waals surface area contributed by atoms with Crippen molar-refractivity contribution in [3.63, 3.8) is 0 Å². The highest BCUT2D eigenvalue weighted by Crippen LogP contribution is 2.34. The molecule has 0 aliphatic rings. The molecule has 6 rings (SSSR count). The number of rotatable bonds is 57. The van der Waals surface area contributed by atoms with E-state index in [1.807, 2.05) is 0 Å². The predicted octanol–water partition coefficient (Wildman–Crippen LogP) is 26.5. The van der Waals surface area contributed by atoms with Gasteiger partial charge in [0.05, 0.1) is 39.6 Å². The lowest BCUT2D eigenvalue weighted by Crippen LogP contribution is -2.00. The average Bonchev–Trinajstić information content (AvgIpc) is 0.893. The Labute approximate surface area is 562 Å².